The predicted molar refractivity (Wildman–Crippen MR) is 75.3 cm³/mol. The van der Waals surface area contributed by atoms with Crippen LogP contribution in [0.1, 0.15) is 5.56 Å². The predicted octanol–water partition coefficient (Wildman–Crippen LogP) is 1.87. The summed E-state index contributed by atoms with van der Waals surface area (Å²) in [5, 5.41) is 8.03. The molecule has 0 aliphatic heterocycles. The van der Waals surface area contributed by atoms with Gasteiger partial charge >= 0.3 is 0 Å². The van der Waals surface area contributed by atoms with Gasteiger partial charge in [0.1, 0.15) is 12.0 Å². The summed E-state index contributed by atoms with van der Waals surface area (Å²) in [4.78, 5) is 8.29. The molecule has 0 radical (unpaired) electrons. The van der Waals surface area contributed by atoms with E-state index in [2.05, 4.69) is 25.6 Å². The van der Waals surface area contributed by atoms with Gasteiger partial charge in [0.15, 0.2) is 5.65 Å². The highest BCUT2D eigenvalue weighted by molar-refractivity contribution is 6.30. The summed E-state index contributed by atoms with van der Waals surface area (Å²) in [7, 11) is 0. The van der Waals surface area contributed by atoms with E-state index >= 15 is 0 Å². The van der Waals surface area contributed by atoms with Crippen LogP contribution in [0, 0.1) is 0 Å². The molecule has 0 atom stereocenters. The summed E-state index contributed by atoms with van der Waals surface area (Å²) in [6.07, 6.45) is 1.60. The fourth-order valence-corrected chi connectivity index (χ4v) is 1.84. The summed E-state index contributed by atoms with van der Waals surface area (Å²) >= 11 is 5.84. The molecule has 1 aromatic carbocycles. The van der Waals surface area contributed by atoms with Crippen molar-refractivity contribution in [3.05, 3.63) is 41.0 Å². The highest BCUT2D eigenvalue weighted by atomic mass is 35.5. The van der Waals surface area contributed by atoms with Gasteiger partial charge in [0.05, 0.1) is 6.20 Å². The van der Waals surface area contributed by atoms with Gasteiger partial charge < -0.3 is 4.74 Å². The van der Waals surface area contributed by atoms with E-state index in [1.165, 1.54) is 0 Å². The van der Waals surface area contributed by atoms with Crippen LogP contribution >= 0.6 is 11.6 Å². The quantitative estimate of drug-likeness (QED) is 0.501. The Balaban J connectivity index is 1.86. The largest absolute Gasteiger partial charge is 0.472 e. The van der Waals surface area contributed by atoms with Crippen molar-refractivity contribution in [2.45, 2.75) is 6.61 Å². The van der Waals surface area contributed by atoms with Gasteiger partial charge in [-0.2, -0.15) is 15.1 Å². The van der Waals surface area contributed by atoms with Crippen molar-refractivity contribution in [2.75, 3.05) is 5.43 Å². The van der Waals surface area contributed by atoms with Crippen LogP contribution < -0.4 is 16.0 Å². The first kappa shape index (κ1) is 12.6. The number of aromatic amines is 1. The van der Waals surface area contributed by atoms with Crippen LogP contribution in [0.3, 0.4) is 0 Å². The number of hydrogen-bond donors (Lipinski definition) is 3. The molecule has 0 spiro atoms. The Hall–Kier alpha value is -2.38. The first-order chi connectivity index (χ1) is 9.76. The third-order valence-corrected chi connectivity index (χ3v) is 2.94. The molecule has 0 unspecified atom stereocenters. The molecule has 2 heterocycles. The minimum absolute atomic E-state index is 0.257. The molecule has 0 amide bonds. The monoisotopic (exact) mass is 290 g/mol. The second-order valence-electron chi connectivity index (χ2n) is 4.04. The second kappa shape index (κ2) is 5.32. The number of nitrogen functional groups attached to an aromatic ring is 1. The third-order valence-electron chi connectivity index (χ3n) is 2.69. The number of fused-ring (bicyclic) bond motifs is 1. The molecule has 0 aliphatic rings. The van der Waals surface area contributed by atoms with Gasteiger partial charge in [-0.15, -0.1) is 0 Å². The van der Waals surface area contributed by atoms with E-state index < -0.39 is 0 Å². The van der Waals surface area contributed by atoms with Crippen molar-refractivity contribution in [3.8, 4) is 5.88 Å². The van der Waals surface area contributed by atoms with Crippen LogP contribution in [0.4, 0.5) is 5.95 Å². The number of halogens is 1. The van der Waals surface area contributed by atoms with E-state index in [4.69, 9.17) is 22.2 Å². The Morgan fingerprint density at radius 1 is 1.25 bits per heavy atom. The first-order valence-corrected chi connectivity index (χ1v) is 6.19. The van der Waals surface area contributed by atoms with Crippen molar-refractivity contribution in [1.29, 1.82) is 0 Å². The smallest absolute Gasteiger partial charge is 0.242 e. The van der Waals surface area contributed by atoms with E-state index in [1.54, 1.807) is 18.3 Å². The van der Waals surface area contributed by atoms with Crippen LogP contribution in [-0.4, -0.2) is 20.2 Å². The summed E-state index contributed by atoms with van der Waals surface area (Å²) in [5.74, 6) is 5.99. The molecule has 4 N–H and O–H groups in total. The van der Waals surface area contributed by atoms with Crippen LogP contribution in [0.5, 0.6) is 5.88 Å². The van der Waals surface area contributed by atoms with Gasteiger partial charge in [-0.3, -0.25) is 10.5 Å². The Labute approximate surface area is 119 Å². The number of hydrogen-bond acceptors (Lipinski definition) is 6. The second-order valence-corrected chi connectivity index (χ2v) is 4.48. The van der Waals surface area contributed by atoms with E-state index in [0.29, 0.717) is 28.5 Å². The normalized spacial score (nSPS) is 10.7. The molecule has 20 heavy (non-hydrogen) atoms. The summed E-state index contributed by atoms with van der Waals surface area (Å²) in [5.41, 5.74) is 3.92. The lowest BCUT2D eigenvalue weighted by Gasteiger charge is -2.07. The van der Waals surface area contributed by atoms with E-state index in [-0.39, 0.29) is 5.95 Å². The number of nitrogens with one attached hydrogen (secondary N) is 2. The number of benzene rings is 1. The van der Waals surface area contributed by atoms with Crippen molar-refractivity contribution >= 4 is 28.6 Å². The Kier molecular flexibility index (Phi) is 3.36. The van der Waals surface area contributed by atoms with Crippen molar-refractivity contribution in [3.63, 3.8) is 0 Å². The number of nitrogens with two attached hydrogens (primary N) is 1. The number of nitrogens with zero attached hydrogens (tertiary/aromatic N) is 3. The molecule has 3 aromatic rings. The number of rotatable bonds is 4. The van der Waals surface area contributed by atoms with Crippen molar-refractivity contribution in [2.24, 2.45) is 5.84 Å². The number of ether oxygens (including phenoxy) is 1. The lowest BCUT2D eigenvalue weighted by molar-refractivity contribution is 0.298. The lowest BCUT2D eigenvalue weighted by Crippen LogP contribution is -2.11. The van der Waals surface area contributed by atoms with Gasteiger partial charge in [0.25, 0.3) is 0 Å². The average Bonchev–Trinajstić information content (AvgIpc) is 2.94. The van der Waals surface area contributed by atoms with Gasteiger partial charge in [-0.25, -0.2) is 5.84 Å². The Bertz CT molecular complexity index is 726. The molecular formula is C12H11ClN6O. The van der Waals surface area contributed by atoms with E-state index in [9.17, 15) is 0 Å². The minimum atomic E-state index is 0.257. The summed E-state index contributed by atoms with van der Waals surface area (Å²) in [6, 6.07) is 7.39. The molecule has 7 nitrogen and oxygen atoms in total. The highest BCUT2D eigenvalue weighted by Gasteiger charge is 2.10. The molecule has 2 aromatic heterocycles. The zero-order valence-electron chi connectivity index (χ0n) is 10.3. The van der Waals surface area contributed by atoms with Gasteiger partial charge in [0.2, 0.25) is 11.8 Å². The maximum atomic E-state index is 5.84. The molecule has 8 heteroatoms. The zero-order chi connectivity index (χ0) is 13.9. The molecule has 0 aliphatic carbocycles. The molecule has 0 bridgehead atoms. The van der Waals surface area contributed by atoms with Crippen molar-refractivity contribution in [1.82, 2.24) is 20.2 Å². The first-order valence-electron chi connectivity index (χ1n) is 5.81. The summed E-state index contributed by atoms with van der Waals surface area (Å²) in [6.45, 7) is 0.360. The van der Waals surface area contributed by atoms with Crippen LogP contribution in [0.2, 0.25) is 5.02 Å². The fourth-order valence-electron chi connectivity index (χ4n) is 1.72. The zero-order valence-corrected chi connectivity index (χ0v) is 11.1. The van der Waals surface area contributed by atoms with Crippen molar-refractivity contribution < 1.29 is 4.74 Å². The topological polar surface area (TPSA) is 102 Å². The average molecular weight is 291 g/mol. The standard InChI is InChI=1S/C12H11ClN6O/c13-8-3-1-7(2-4-8)6-20-11-9-5-15-19-10(9)16-12(17-11)18-14/h1-5H,6,14H2,(H2,15,16,17,18,19). The van der Waals surface area contributed by atoms with Gasteiger partial charge in [-0.05, 0) is 17.7 Å². The minimum Gasteiger partial charge on any atom is -0.472 e. The fraction of sp³-hybridized carbons (Fsp3) is 0.0833. The number of aromatic nitrogens is 4. The van der Waals surface area contributed by atoms with Crippen LogP contribution in [0.15, 0.2) is 30.5 Å². The van der Waals surface area contributed by atoms with Crippen LogP contribution in [0.25, 0.3) is 11.0 Å². The molecule has 102 valence electrons. The number of anilines is 1. The number of H-pyrrole nitrogens is 1. The molecule has 0 saturated heterocycles. The maximum absolute atomic E-state index is 5.84. The maximum Gasteiger partial charge on any atom is 0.242 e. The van der Waals surface area contributed by atoms with Gasteiger partial charge in [0, 0.05) is 5.02 Å². The molecule has 3 rings (SSSR count). The Morgan fingerprint density at radius 3 is 2.80 bits per heavy atom. The molecule has 0 fully saturated rings. The van der Waals surface area contributed by atoms with E-state index in [0.717, 1.165) is 5.56 Å². The molecular weight excluding hydrogens is 280 g/mol. The van der Waals surface area contributed by atoms with Crippen LogP contribution in [-0.2, 0) is 6.61 Å². The van der Waals surface area contributed by atoms with E-state index in [1.807, 2.05) is 12.1 Å². The SMILES string of the molecule is NNc1nc(OCc2ccc(Cl)cc2)c2cn[nH]c2n1. The molecule has 0 saturated carbocycles. The lowest BCUT2D eigenvalue weighted by atomic mass is 10.2. The number of hydrazine groups is 1. The highest BCUT2D eigenvalue weighted by Crippen LogP contribution is 2.23. The third kappa shape index (κ3) is 2.49. The summed E-state index contributed by atoms with van der Waals surface area (Å²) < 4.78 is 5.70. The Morgan fingerprint density at radius 2 is 2.05 bits per heavy atom. The van der Waals surface area contributed by atoms with Gasteiger partial charge in [-0.1, -0.05) is 23.7 Å².